The highest BCUT2D eigenvalue weighted by molar-refractivity contribution is 7.98. The van der Waals surface area contributed by atoms with E-state index in [1.807, 2.05) is 25.0 Å². The number of piperazine rings is 1. The van der Waals surface area contributed by atoms with E-state index in [2.05, 4.69) is 9.97 Å². The molecule has 1 aliphatic heterocycles. The Morgan fingerprint density at radius 3 is 2.35 bits per heavy atom. The maximum absolute atomic E-state index is 13.9. The molecule has 31 heavy (non-hydrogen) atoms. The Kier molecular flexibility index (Phi) is 7.84. The van der Waals surface area contributed by atoms with E-state index in [1.54, 1.807) is 23.1 Å². The Morgan fingerprint density at radius 1 is 1.10 bits per heavy atom. The molecule has 0 spiro atoms. The summed E-state index contributed by atoms with van der Waals surface area (Å²) >= 11 is 1.48. The highest BCUT2D eigenvalue weighted by atomic mass is 32.2. The van der Waals surface area contributed by atoms with Gasteiger partial charge in [0.05, 0.1) is 5.69 Å². The van der Waals surface area contributed by atoms with Gasteiger partial charge in [0, 0.05) is 44.0 Å². The van der Waals surface area contributed by atoms with Gasteiger partial charge in [0.1, 0.15) is 5.82 Å². The summed E-state index contributed by atoms with van der Waals surface area (Å²) < 4.78 is 19.1. The van der Waals surface area contributed by atoms with Crippen LogP contribution in [0.25, 0.3) is 0 Å². The number of ether oxygens (including phenoxy) is 1. The molecular weight excluding hydrogens is 419 g/mol. The van der Waals surface area contributed by atoms with E-state index in [4.69, 9.17) is 4.74 Å². The van der Waals surface area contributed by atoms with Crippen molar-refractivity contribution in [3.63, 3.8) is 0 Å². The van der Waals surface area contributed by atoms with E-state index in [9.17, 15) is 14.0 Å². The summed E-state index contributed by atoms with van der Waals surface area (Å²) in [6.45, 7) is 5.51. The number of aryl methyl sites for hydroxylation is 2. The Balaban J connectivity index is 1.43. The van der Waals surface area contributed by atoms with Gasteiger partial charge in [0.15, 0.2) is 11.8 Å². The lowest BCUT2D eigenvalue weighted by atomic mass is 10.1. The summed E-state index contributed by atoms with van der Waals surface area (Å²) in [7, 11) is 0. The number of amides is 1. The molecule has 1 aromatic carbocycles. The van der Waals surface area contributed by atoms with Crippen LogP contribution in [0, 0.1) is 19.7 Å². The maximum Gasteiger partial charge on any atom is 0.306 e. The largest absolute Gasteiger partial charge is 0.456 e. The van der Waals surface area contributed by atoms with Crippen LogP contribution >= 0.6 is 11.8 Å². The number of benzene rings is 1. The number of carbonyl (C=O) groups is 2. The summed E-state index contributed by atoms with van der Waals surface area (Å²) in [6.07, 6.45) is 2.56. The predicted octanol–water partition coefficient (Wildman–Crippen LogP) is 2.78. The standard InChI is InChI=1S/C22H27FN4O3S/c1-15-17(16(2)25-22(24-15)31-3)8-9-21(29)30-14-20(28)27-12-10-26(11-13-27)19-7-5-4-6-18(19)23/h4-7H,8-14H2,1-3H3. The number of rotatable bonds is 7. The van der Waals surface area contributed by atoms with E-state index < -0.39 is 5.97 Å². The first kappa shape index (κ1) is 23.0. The predicted molar refractivity (Wildman–Crippen MR) is 118 cm³/mol. The fourth-order valence-corrected chi connectivity index (χ4v) is 4.06. The monoisotopic (exact) mass is 446 g/mol. The fraction of sp³-hybridized carbons (Fsp3) is 0.455. The molecule has 0 saturated carbocycles. The topological polar surface area (TPSA) is 75.6 Å². The normalized spacial score (nSPS) is 13.9. The molecule has 0 unspecified atom stereocenters. The van der Waals surface area contributed by atoms with Gasteiger partial charge in [0.25, 0.3) is 5.91 Å². The second kappa shape index (κ2) is 10.6. The molecule has 0 radical (unpaired) electrons. The zero-order valence-corrected chi connectivity index (χ0v) is 18.9. The van der Waals surface area contributed by atoms with Crippen molar-refractivity contribution in [2.75, 3.05) is 43.9 Å². The second-order valence-corrected chi connectivity index (χ2v) is 8.11. The molecule has 7 nitrogen and oxygen atoms in total. The van der Waals surface area contributed by atoms with Crippen molar-refractivity contribution in [3.8, 4) is 0 Å². The smallest absolute Gasteiger partial charge is 0.306 e. The minimum atomic E-state index is -0.425. The van der Waals surface area contributed by atoms with Gasteiger partial charge in [-0.1, -0.05) is 23.9 Å². The summed E-state index contributed by atoms with van der Waals surface area (Å²) in [6, 6.07) is 6.61. The van der Waals surface area contributed by atoms with E-state index in [1.165, 1.54) is 17.8 Å². The van der Waals surface area contributed by atoms with Gasteiger partial charge in [-0.2, -0.15) is 0 Å². The number of thioether (sulfide) groups is 1. The first-order valence-electron chi connectivity index (χ1n) is 10.2. The number of hydrogen-bond acceptors (Lipinski definition) is 7. The molecule has 0 atom stereocenters. The third-order valence-electron chi connectivity index (χ3n) is 5.34. The number of aromatic nitrogens is 2. The lowest BCUT2D eigenvalue weighted by Gasteiger charge is -2.36. The van der Waals surface area contributed by atoms with Crippen LogP contribution in [-0.2, 0) is 20.7 Å². The lowest BCUT2D eigenvalue weighted by Crippen LogP contribution is -2.50. The first-order chi connectivity index (χ1) is 14.9. The summed E-state index contributed by atoms with van der Waals surface area (Å²) in [4.78, 5) is 36.9. The molecule has 1 fully saturated rings. The van der Waals surface area contributed by atoms with Gasteiger partial charge in [0.2, 0.25) is 0 Å². The Labute approximate surface area is 186 Å². The van der Waals surface area contributed by atoms with E-state index in [-0.39, 0.29) is 24.8 Å². The molecule has 2 heterocycles. The van der Waals surface area contributed by atoms with E-state index in [0.717, 1.165) is 17.0 Å². The fourth-order valence-electron chi connectivity index (χ4n) is 3.60. The molecule has 1 aromatic heterocycles. The SMILES string of the molecule is CSc1nc(C)c(CCC(=O)OCC(=O)N2CCN(c3ccccc3F)CC2)c(C)n1. The minimum absolute atomic E-state index is 0.165. The van der Waals surface area contributed by atoms with E-state index in [0.29, 0.717) is 43.4 Å². The van der Waals surface area contributed by atoms with Crippen molar-refractivity contribution >= 4 is 29.3 Å². The number of carbonyl (C=O) groups excluding carboxylic acids is 2. The Bertz CT molecular complexity index is 925. The van der Waals surface area contributed by atoms with Gasteiger partial charge in [-0.3, -0.25) is 9.59 Å². The average Bonchev–Trinajstić information content (AvgIpc) is 2.77. The second-order valence-electron chi connectivity index (χ2n) is 7.34. The van der Waals surface area contributed by atoms with Gasteiger partial charge < -0.3 is 14.5 Å². The van der Waals surface area contributed by atoms with Crippen LogP contribution in [0.2, 0.25) is 0 Å². The summed E-state index contributed by atoms with van der Waals surface area (Å²) in [5, 5.41) is 0.710. The molecular formula is C22H27FN4O3S. The molecule has 1 amide bonds. The molecule has 0 bridgehead atoms. The highest BCUT2D eigenvalue weighted by Crippen LogP contribution is 2.20. The maximum atomic E-state index is 13.9. The average molecular weight is 447 g/mol. The first-order valence-corrected chi connectivity index (χ1v) is 11.4. The zero-order chi connectivity index (χ0) is 22.4. The number of anilines is 1. The zero-order valence-electron chi connectivity index (χ0n) is 18.1. The van der Waals surface area contributed by atoms with Crippen LogP contribution < -0.4 is 4.90 Å². The Hall–Kier alpha value is -2.68. The van der Waals surface area contributed by atoms with Gasteiger partial charge in [-0.05, 0) is 44.2 Å². The van der Waals surface area contributed by atoms with Crippen LogP contribution in [0.4, 0.5) is 10.1 Å². The number of nitrogens with zero attached hydrogens (tertiary/aromatic N) is 4. The molecule has 1 saturated heterocycles. The van der Waals surface area contributed by atoms with Crippen LogP contribution in [0.15, 0.2) is 29.4 Å². The van der Waals surface area contributed by atoms with Crippen LogP contribution in [-0.4, -0.2) is 65.8 Å². The lowest BCUT2D eigenvalue weighted by molar-refractivity contribution is -0.152. The summed E-state index contributed by atoms with van der Waals surface area (Å²) in [5.41, 5.74) is 3.19. The van der Waals surface area contributed by atoms with E-state index >= 15 is 0 Å². The minimum Gasteiger partial charge on any atom is -0.456 e. The number of hydrogen-bond donors (Lipinski definition) is 0. The van der Waals surface area contributed by atoms with Gasteiger partial charge in [-0.15, -0.1) is 0 Å². The Morgan fingerprint density at radius 2 is 1.74 bits per heavy atom. The van der Waals surface area contributed by atoms with Crippen molar-refractivity contribution in [2.45, 2.75) is 31.8 Å². The van der Waals surface area contributed by atoms with Gasteiger partial charge >= 0.3 is 5.97 Å². The molecule has 0 N–H and O–H groups in total. The van der Waals surface area contributed by atoms with Crippen molar-refractivity contribution in [1.82, 2.24) is 14.9 Å². The number of esters is 1. The molecule has 9 heteroatoms. The molecule has 1 aliphatic rings. The van der Waals surface area contributed by atoms with Crippen LogP contribution in [0.3, 0.4) is 0 Å². The van der Waals surface area contributed by atoms with Crippen molar-refractivity contribution in [2.24, 2.45) is 0 Å². The van der Waals surface area contributed by atoms with Crippen LogP contribution in [0.1, 0.15) is 23.4 Å². The third kappa shape index (κ3) is 5.94. The molecule has 3 rings (SSSR count). The molecule has 2 aromatic rings. The highest BCUT2D eigenvalue weighted by Gasteiger charge is 2.23. The van der Waals surface area contributed by atoms with Crippen molar-refractivity contribution in [1.29, 1.82) is 0 Å². The number of halogens is 1. The summed E-state index contributed by atoms with van der Waals surface area (Å²) in [5.74, 6) is -0.928. The third-order valence-corrected chi connectivity index (χ3v) is 5.89. The van der Waals surface area contributed by atoms with Crippen LogP contribution in [0.5, 0.6) is 0 Å². The van der Waals surface area contributed by atoms with Gasteiger partial charge in [-0.25, -0.2) is 14.4 Å². The van der Waals surface area contributed by atoms with Crippen molar-refractivity contribution in [3.05, 3.63) is 47.0 Å². The molecule has 166 valence electrons. The quantitative estimate of drug-likeness (QED) is 0.368. The van der Waals surface area contributed by atoms with Crippen molar-refractivity contribution < 1.29 is 18.7 Å². The number of para-hydroxylation sites is 1. The molecule has 0 aliphatic carbocycles.